The highest BCUT2D eigenvalue weighted by atomic mass is 32.2. The average Bonchev–Trinajstić information content (AvgIpc) is 2.47. The van der Waals surface area contributed by atoms with Crippen LogP contribution in [0.2, 0.25) is 0 Å². The van der Waals surface area contributed by atoms with Gasteiger partial charge in [0, 0.05) is 11.7 Å². The second-order valence-electron chi connectivity index (χ2n) is 5.89. The third-order valence-electron chi connectivity index (χ3n) is 4.55. The van der Waals surface area contributed by atoms with E-state index in [1.807, 2.05) is 13.0 Å². The van der Waals surface area contributed by atoms with Gasteiger partial charge >= 0.3 is 0 Å². The molecule has 0 aliphatic heterocycles. The Labute approximate surface area is 128 Å². The van der Waals surface area contributed by atoms with Crippen LogP contribution in [-0.2, 0) is 16.4 Å². The Hall–Kier alpha value is -1.07. The van der Waals surface area contributed by atoms with Gasteiger partial charge in [-0.1, -0.05) is 39.2 Å². The molecule has 0 bridgehead atoms. The Kier molecular flexibility index (Phi) is 5.27. The van der Waals surface area contributed by atoms with E-state index in [1.165, 1.54) is 6.42 Å². The normalized spacial score (nSPS) is 23.1. The van der Waals surface area contributed by atoms with Crippen LogP contribution in [0.4, 0.5) is 5.69 Å². The van der Waals surface area contributed by atoms with Crippen molar-refractivity contribution in [2.45, 2.75) is 63.3 Å². The van der Waals surface area contributed by atoms with Gasteiger partial charge in [-0.15, -0.1) is 0 Å². The first-order chi connectivity index (χ1) is 9.97. The molecule has 0 heterocycles. The highest BCUT2D eigenvalue weighted by Crippen LogP contribution is 2.28. The summed E-state index contributed by atoms with van der Waals surface area (Å²) in [6.07, 6.45) is 6.17. The summed E-state index contributed by atoms with van der Waals surface area (Å²) in [5.41, 5.74) is 7.46. The molecule has 2 rings (SSSR count). The highest BCUT2D eigenvalue weighted by Gasteiger charge is 2.28. The maximum absolute atomic E-state index is 12.5. The van der Waals surface area contributed by atoms with Gasteiger partial charge in [-0.2, -0.15) is 0 Å². The molecule has 1 aliphatic rings. The lowest BCUT2D eigenvalue weighted by molar-refractivity contribution is 0.282. The van der Waals surface area contributed by atoms with Crippen LogP contribution in [0.15, 0.2) is 23.1 Å². The van der Waals surface area contributed by atoms with Crippen molar-refractivity contribution in [2.75, 3.05) is 5.73 Å². The molecule has 0 saturated heterocycles. The van der Waals surface area contributed by atoms with Crippen molar-refractivity contribution in [2.24, 2.45) is 5.92 Å². The van der Waals surface area contributed by atoms with Crippen molar-refractivity contribution in [3.8, 4) is 0 Å². The zero-order valence-corrected chi connectivity index (χ0v) is 13.7. The summed E-state index contributed by atoms with van der Waals surface area (Å²) < 4.78 is 28.0. The third kappa shape index (κ3) is 3.77. The SMILES string of the molecule is CCc1ccc(S(=O)(=O)NC2CCCCC2CC)cc1N. The molecule has 0 radical (unpaired) electrons. The Bertz CT molecular complexity index is 584. The second-order valence-corrected chi connectivity index (χ2v) is 7.61. The van der Waals surface area contributed by atoms with Crippen LogP contribution in [0.1, 0.15) is 51.5 Å². The fourth-order valence-corrected chi connectivity index (χ4v) is 4.56. The Morgan fingerprint density at radius 3 is 2.57 bits per heavy atom. The van der Waals surface area contributed by atoms with Crippen molar-refractivity contribution >= 4 is 15.7 Å². The lowest BCUT2D eigenvalue weighted by atomic mass is 9.83. The lowest BCUT2D eigenvalue weighted by Crippen LogP contribution is -2.41. The summed E-state index contributed by atoms with van der Waals surface area (Å²) in [4.78, 5) is 0.276. The highest BCUT2D eigenvalue weighted by molar-refractivity contribution is 7.89. The number of sulfonamides is 1. The monoisotopic (exact) mass is 310 g/mol. The van der Waals surface area contributed by atoms with Crippen LogP contribution < -0.4 is 10.5 Å². The average molecular weight is 310 g/mol. The van der Waals surface area contributed by atoms with E-state index in [-0.39, 0.29) is 10.9 Å². The molecule has 0 amide bonds. The zero-order chi connectivity index (χ0) is 15.5. The van der Waals surface area contributed by atoms with Gasteiger partial charge in [0.2, 0.25) is 10.0 Å². The van der Waals surface area contributed by atoms with Gasteiger partial charge in [-0.05, 0) is 42.9 Å². The molecule has 3 N–H and O–H groups in total. The minimum Gasteiger partial charge on any atom is -0.398 e. The van der Waals surface area contributed by atoms with Gasteiger partial charge in [0.1, 0.15) is 0 Å². The number of benzene rings is 1. The molecule has 4 nitrogen and oxygen atoms in total. The summed E-state index contributed by atoms with van der Waals surface area (Å²) in [6, 6.07) is 5.09. The standard InChI is InChI=1S/C16H26N2O2S/c1-3-12-9-10-14(11-15(12)17)21(19,20)18-16-8-6-5-7-13(16)4-2/h9-11,13,16,18H,3-8,17H2,1-2H3. The molecule has 1 fully saturated rings. The van der Waals surface area contributed by atoms with Crippen LogP contribution in [0.5, 0.6) is 0 Å². The van der Waals surface area contributed by atoms with E-state index in [9.17, 15) is 8.42 Å². The van der Waals surface area contributed by atoms with Crippen LogP contribution in [0, 0.1) is 5.92 Å². The molecule has 118 valence electrons. The van der Waals surface area contributed by atoms with E-state index >= 15 is 0 Å². The van der Waals surface area contributed by atoms with E-state index in [1.54, 1.807) is 12.1 Å². The van der Waals surface area contributed by atoms with E-state index < -0.39 is 10.0 Å². The Morgan fingerprint density at radius 2 is 1.95 bits per heavy atom. The molecule has 0 aromatic heterocycles. The summed E-state index contributed by atoms with van der Waals surface area (Å²) in [6.45, 7) is 4.14. The summed E-state index contributed by atoms with van der Waals surface area (Å²) >= 11 is 0. The minimum atomic E-state index is -3.48. The number of hydrogen-bond donors (Lipinski definition) is 2. The maximum Gasteiger partial charge on any atom is 0.240 e. The summed E-state index contributed by atoms with van der Waals surface area (Å²) in [5.74, 6) is 0.445. The Balaban J connectivity index is 2.19. The first kappa shape index (κ1) is 16.3. The fraction of sp³-hybridized carbons (Fsp3) is 0.625. The van der Waals surface area contributed by atoms with E-state index in [0.717, 1.165) is 37.7 Å². The van der Waals surface area contributed by atoms with Crippen LogP contribution in [0.3, 0.4) is 0 Å². The number of nitrogen functional groups attached to an aromatic ring is 1. The van der Waals surface area contributed by atoms with Crippen molar-refractivity contribution in [1.29, 1.82) is 0 Å². The molecule has 1 aromatic rings. The summed E-state index contributed by atoms with van der Waals surface area (Å²) in [7, 11) is -3.48. The van der Waals surface area contributed by atoms with Crippen LogP contribution in [-0.4, -0.2) is 14.5 Å². The zero-order valence-electron chi connectivity index (χ0n) is 12.9. The third-order valence-corrected chi connectivity index (χ3v) is 6.04. The predicted molar refractivity (Wildman–Crippen MR) is 86.6 cm³/mol. The molecule has 1 aliphatic carbocycles. The van der Waals surface area contributed by atoms with E-state index in [2.05, 4.69) is 11.6 Å². The number of rotatable bonds is 5. The molecular weight excluding hydrogens is 284 g/mol. The minimum absolute atomic E-state index is 0.0563. The molecule has 5 heteroatoms. The molecule has 21 heavy (non-hydrogen) atoms. The first-order valence-electron chi connectivity index (χ1n) is 7.88. The van der Waals surface area contributed by atoms with Crippen molar-refractivity contribution in [3.63, 3.8) is 0 Å². The molecule has 2 unspecified atom stereocenters. The lowest BCUT2D eigenvalue weighted by Gasteiger charge is -2.31. The predicted octanol–water partition coefficient (Wildman–Crippen LogP) is 3.08. The number of nitrogens with two attached hydrogens (primary N) is 1. The molecular formula is C16H26N2O2S. The molecule has 1 saturated carbocycles. The number of anilines is 1. The summed E-state index contributed by atoms with van der Waals surface area (Å²) in [5, 5.41) is 0. The molecule has 1 aromatic carbocycles. The maximum atomic E-state index is 12.5. The van der Waals surface area contributed by atoms with Gasteiger partial charge in [-0.3, -0.25) is 0 Å². The second kappa shape index (κ2) is 6.79. The topological polar surface area (TPSA) is 72.2 Å². The van der Waals surface area contributed by atoms with Crippen LogP contribution >= 0.6 is 0 Å². The van der Waals surface area contributed by atoms with Crippen molar-refractivity contribution in [1.82, 2.24) is 4.72 Å². The van der Waals surface area contributed by atoms with Crippen molar-refractivity contribution in [3.05, 3.63) is 23.8 Å². The number of nitrogens with one attached hydrogen (secondary N) is 1. The molecule has 0 spiro atoms. The van der Waals surface area contributed by atoms with Gasteiger partial charge in [-0.25, -0.2) is 13.1 Å². The van der Waals surface area contributed by atoms with Gasteiger partial charge in [0.25, 0.3) is 0 Å². The van der Waals surface area contributed by atoms with E-state index in [0.29, 0.717) is 11.6 Å². The smallest absolute Gasteiger partial charge is 0.240 e. The quantitative estimate of drug-likeness (QED) is 0.821. The largest absolute Gasteiger partial charge is 0.398 e. The Morgan fingerprint density at radius 1 is 1.24 bits per heavy atom. The van der Waals surface area contributed by atoms with E-state index in [4.69, 9.17) is 5.73 Å². The van der Waals surface area contributed by atoms with Crippen molar-refractivity contribution < 1.29 is 8.42 Å². The molecule has 2 atom stereocenters. The van der Waals surface area contributed by atoms with Crippen LogP contribution in [0.25, 0.3) is 0 Å². The fourth-order valence-electron chi connectivity index (χ4n) is 3.18. The number of aryl methyl sites for hydroxylation is 1. The number of hydrogen-bond acceptors (Lipinski definition) is 3. The van der Waals surface area contributed by atoms with Gasteiger partial charge in [0.15, 0.2) is 0 Å². The first-order valence-corrected chi connectivity index (χ1v) is 9.37. The van der Waals surface area contributed by atoms with Gasteiger partial charge in [0.05, 0.1) is 4.90 Å². The van der Waals surface area contributed by atoms with Gasteiger partial charge < -0.3 is 5.73 Å².